The van der Waals surface area contributed by atoms with Gasteiger partial charge in [-0.2, -0.15) is 0 Å². The second kappa shape index (κ2) is 24.3. The maximum atomic E-state index is 14.6. The highest BCUT2D eigenvalue weighted by atomic mass is 31.2. The van der Waals surface area contributed by atoms with E-state index in [0.29, 0.717) is 22.4 Å². The van der Waals surface area contributed by atoms with Gasteiger partial charge in [0.2, 0.25) is 29.5 Å². The van der Waals surface area contributed by atoms with Crippen molar-refractivity contribution in [1.82, 2.24) is 41.5 Å². The van der Waals surface area contributed by atoms with Crippen LogP contribution in [0.25, 0.3) is 10.9 Å². The fraction of sp³-hybridized carbons (Fsp3) is 0.255. The van der Waals surface area contributed by atoms with Gasteiger partial charge in [0.05, 0.1) is 19.5 Å². The first-order valence-corrected chi connectivity index (χ1v) is 23.1. The predicted octanol–water partition coefficient (Wildman–Crippen LogP) is 2.35. The van der Waals surface area contributed by atoms with Gasteiger partial charge in [-0.3, -0.25) is 33.8 Å². The van der Waals surface area contributed by atoms with Crippen molar-refractivity contribution in [3.63, 3.8) is 0 Å². The number of carbonyl (C=O) groups excluding carboxylic acids is 6. The number of phosphoric acid groups is 1. The lowest BCUT2D eigenvalue weighted by molar-refractivity contribution is -0.135. The number of H-pyrrole nitrogens is 2. The third-order valence-electron chi connectivity index (χ3n) is 10.6. The van der Waals surface area contributed by atoms with E-state index in [0.717, 1.165) is 16.5 Å². The van der Waals surface area contributed by atoms with Gasteiger partial charge in [-0.1, -0.05) is 91.0 Å². The minimum atomic E-state index is -4.92. The van der Waals surface area contributed by atoms with Crippen molar-refractivity contribution in [2.24, 2.45) is 5.73 Å². The second-order valence-electron chi connectivity index (χ2n) is 15.9. The maximum absolute atomic E-state index is 14.6. The van der Waals surface area contributed by atoms with Crippen molar-refractivity contribution < 1.29 is 57.1 Å². The zero-order chi connectivity index (χ0) is 49.3. The summed E-state index contributed by atoms with van der Waals surface area (Å²) in [6.45, 7) is 0.862. The monoisotopic (exact) mass is 965 g/mol. The number of para-hydroxylation sites is 1. The number of alkyl carbamates (subject to hydrolysis) is 1. The van der Waals surface area contributed by atoms with Crippen LogP contribution in [0.5, 0.6) is 5.75 Å². The van der Waals surface area contributed by atoms with E-state index in [9.17, 15) is 43.1 Å². The molecule has 11 N–H and O–H groups in total. The number of rotatable bonds is 24. The Morgan fingerprint density at radius 3 is 1.84 bits per heavy atom. The van der Waals surface area contributed by atoms with Gasteiger partial charge in [0, 0.05) is 48.3 Å². The summed E-state index contributed by atoms with van der Waals surface area (Å²) < 4.78 is 27.5. The van der Waals surface area contributed by atoms with E-state index < -0.39 is 80.3 Å². The molecule has 22 heteroatoms. The number of imidazole rings is 1. The Morgan fingerprint density at radius 2 is 1.22 bits per heavy atom. The summed E-state index contributed by atoms with van der Waals surface area (Å²) >= 11 is 0. The molecule has 0 saturated carbocycles. The third-order valence-corrected chi connectivity index (χ3v) is 11.0. The second-order valence-corrected chi connectivity index (χ2v) is 17.0. The maximum Gasteiger partial charge on any atom is 0.524 e. The van der Waals surface area contributed by atoms with Crippen molar-refractivity contribution in [1.29, 1.82) is 0 Å². The number of hydrogen-bond acceptors (Lipinski definition) is 11. The van der Waals surface area contributed by atoms with Crippen LogP contribution < -0.4 is 36.8 Å². The number of aromatic nitrogens is 3. The van der Waals surface area contributed by atoms with E-state index in [1.165, 1.54) is 43.7 Å². The van der Waals surface area contributed by atoms with Gasteiger partial charge in [-0.05, 0) is 47.4 Å². The Bertz CT molecular complexity index is 2720. The number of phosphoric ester groups is 1. The van der Waals surface area contributed by atoms with E-state index in [1.54, 1.807) is 60.8 Å². The van der Waals surface area contributed by atoms with Crippen molar-refractivity contribution >= 4 is 54.4 Å². The molecule has 0 aliphatic carbocycles. The number of hydrogen-bond donors (Lipinski definition) is 10. The Balaban J connectivity index is 1.28. The van der Waals surface area contributed by atoms with Crippen LogP contribution in [0.2, 0.25) is 0 Å². The molecule has 2 heterocycles. The fourth-order valence-corrected chi connectivity index (χ4v) is 7.38. The normalized spacial score (nSPS) is 13.4. The predicted molar refractivity (Wildman–Crippen MR) is 249 cm³/mol. The number of nitrogens with one attached hydrogen (secondary N) is 7. The molecule has 5 atom stereocenters. The van der Waals surface area contributed by atoms with Gasteiger partial charge in [-0.25, -0.2) is 14.3 Å². The molecule has 0 radical (unpaired) electrons. The Morgan fingerprint density at radius 1 is 0.652 bits per heavy atom. The van der Waals surface area contributed by atoms with E-state index in [1.807, 2.05) is 30.3 Å². The summed E-state index contributed by atoms with van der Waals surface area (Å²) in [7, 11) is -4.92. The SMILES string of the molecule is C[C@@H](NC(=O)[C@H](Cc1c[nH]c2ccccc12)NC(=O)[C@H](COCc1ccccc1)NC(=O)[C@H](Cc1ccc(OP(=O)(O)O)cc1)NC(=O)[C@H](Cc1cnc[nH]1)NC(=O)OCc1ccccc1)C(N)=O. The number of carbonyl (C=O) groups is 6. The molecule has 0 bridgehead atoms. The van der Waals surface area contributed by atoms with Crippen LogP contribution in [0.4, 0.5) is 4.79 Å². The van der Waals surface area contributed by atoms with Crippen LogP contribution in [-0.2, 0) is 70.5 Å². The smallest absolute Gasteiger partial charge is 0.445 e. The van der Waals surface area contributed by atoms with Crippen LogP contribution in [-0.4, -0.2) is 97.2 Å². The largest absolute Gasteiger partial charge is 0.524 e. The first kappa shape index (κ1) is 50.6. The first-order chi connectivity index (χ1) is 33.1. The standard InChI is InChI=1S/C47H52N9O12P/c1-29(42(48)57)52-43(58)39(21-33-23-50-37-15-9-8-14-36(33)37)54-46(61)41(27-66-25-31-10-4-2-5-11-31)55-44(59)38(20-30-16-18-35(19-17-30)68-69(63,64)65)53-45(60)40(22-34-24-49-28-51-34)56-47(62)67-26-32-12-6-3-7-13-32/h2-19,23-24,28-29,38-41,50H,20-22,25-27H2,1H3,(H2,48,57)(H,49,51)(H,52,58)(H,53,60)(H,54,61)(H,55,59)(H,56,62)(H2,63,64,65)/t29-,38+,39+,40+,41+/m1/s1. The average molecular weight is 966 g/mol. The van der Waals surface area contributed by atoms with Crippen molar-refractivity contribution in [3.8, 4) is 5.75 Å². The molecule has 0 saturated heterocycles. The number of nitrogens with zero attached hydrogens (tertiary/aromatic N) is 1. The van der Waals surface area contributed by atoms with Gasteiger partial charge in [0.25, 0.3) is 0 Å². The summed E-state index contributed by atoms with van der Waals surface area (Å²) in [5.41, 5.74) is 9.13. The third kappa shape index (κ3) is 15.9. The van der Waals surface area contributed by atoms with Crippen LogP contribution in [0, 0.1) is 0 Å². The molecule has 69 heavy (non-hydrogen) atoms. The molecule has 0 aliphatic heterocycles. The quantitative estimate of drug-likeness (QED) is 0.0390. The lowest BCUT2D eigenvalue weighted by Gasteiger charge is -2.27. The Labute approximate surface area is 395 Å². The van der Waals surface area contributed by atoms with Crippen LogP contribution in [0.1, 0.15) is 34.9 Å². The molecule has 6 amide bonds. The number of nitrogens with two attached hydrogens (primary N) is 1. The van der Waals surface area contributed by atoms with Crippen molar-refractivity contribution in [2.75, 3.05) is 6.61 Å². The fourth-order valence-electron chi connectivity index (χ4n) is 6.98. The number of ether oxygens (including phenoxy) is 2. The van der Waals surface area contributed by atoms with Crippen molar-refractivity contribution in [3.05, 3.63) is 156 Å². The average Bonchev–Trinajstić information content (AvgIpc) is 4.00. The van der Waals surface area contributed by atoms with E-state index in [-0.39, 0.29) is 38.2 Å². The van der Waals surface area contributed by atoms with E-state index in [2.05, 4.69) is 46.1 Å². The summed E-state index contributed by atoms with van der Waals surface area (Å²) in [5, 5.41) is 13.9. The van der Waals surface area contributed by atoms with Gasteiger partial charge in [-0.15, -0.1) is 0 Å². The molecular formula is C47H52N9O12P. The zero-order valence-electron chi connectivity index (χ0n) is 37.2. The summed E-state index contributed by atoms with van der Waals surface area (Å²) in [6, 6.07) is 23.7. The van der Waals surface area contributed by atoms with Crippen LogP contribution in [0.3, 0.4) is 0 Å². The topological polar surface area (TPSA) is 318 Å². The number of amides is 6. The molecular weight excluding hydrogens is 914 g/mol. The first-order valence-electron chi connectivity index (χ1n) is 21.6. The molecule has 0 aliphatic rings. The van der Waals surface area contributed by atoms with Crippen LogP contribution >= 0.6 is 7.82 Å². The Kier molecular flexibility index (Phi) is 17.8. The van der Waals surface area contributed by atoms with Crippen molar-refractivity contribution in [2.45, 2.75) is 69.6 Å². The summed E-state index contributed by atoms with van der Waals surface area (Å²) in [6.07, 6.45) is 3.13. The highest BCUT2D eigenvalue weighted by Gasteiger charge is 2.33. The van der Waals surface area contributed by atoms with Gasteiger partial charge < -0.3 is 56.3 Å². The van der Waals surface area contributed by atoms with Crippen LogP contribution in [0.15, 0.2) is 128 Å². The zero-order valence-corrected chi connectivity index (χ0v) is 38.1. The Hall–Kier alpha value is -7.84. The molecule has 0 fully saturated rings. The molecule has 0 unspecified atom stereocenters. The number of benzene rings is 4. The summed E-state index contributed by atoms with van der Waals surface area (Å²) in [4.78, 5) is 111. The highest BCUT2D eigenvalue weighted by Crippen LogP contribution is 2.37. The van der Waals surface area contributed by atoms with Gasteiger partial charge in [0.1, 0.15) is 42.6 Å². The minimum Gasteiger partial charge on any atom is -0.445 e. The molecule has 21 nitrogen and oxygen atoms in total. The lowest BCUT2D eigenvalue weighted by atomic mass is 10.0. The number of aromatic amines is 2. The molecule has 0 spiro atoms. The van der Waals surface area contributed by atoms with Gasteiger partial charge in [0.15, 0.2) is 0 Å². The number of primary amides is 1. The minimum absolute atomic E-state index is 0.0143. The van der Waals surface area contributed by atoms with E-state index in [4.69, 9.17) is 15.2 Å². The van der Waals surface area contributed by atoms with Gasteiger partial charge >= 0.3 is 13.9 Å². The molecule has 6 rings (SSSR count). The summed E-state index contributed by atoms with van der Waals surface area (Å²) in [5.74, 6) is -4.36. The molecule has 6 aromatic rings. The molecule has 362 valence electrons. The number of fused-ring (bicyclic) bond motifs is 1. The molecule has 4 aromatic carbocycles. The highest BCUT2D eigenvalue weighted by molar-refractivity contribution is 7.46. The van der Waals surface area contributed by atoms with E-state index >= 15 is 0 Å². The lowest BCUT2D eigenvalue weighted by Crippen LogP contribution is -2.60. The molecule has 2 aromatic heterocycles.